The molecule has 0 spiro atoms. The monoisotopic (exact) mass is 621 g/mol. The van der Waals surface area contributed by atoms with Gasteiger partial charge in [0, 0.05) is 18.1 Å². The van der Waals surface area contributed by atoms with E-state index in [0.717, 1.165) is 10.5 Å². The van der Waals surface area contributed by atoms with E-state index in [-0.39, 0.29) is 47.5 Å². The summed E-state index contributed by atoms with van der Waals surface area (Å²) in [5.74, 6) is -5.08. The predicted octanol–water partition coefficient (Wildman–Crippen LogP) is 5.13. The van der Waals surface area contributed by atoms with Crippen molar-refractivity contribution in [3.05, 3.63) is 100 Å². The van der Waals surface area contributed by atoms with Gasteiger partial charge in [-0.3, -0.25) is 29.3 Å². The molecule has 3 fully saturated rings. The molecule has 1 saturated carbocycles. The van der Waals surface area contributed by atoms with E-state index < -0.39 is 51.7 Å². The van der Waals surface area contributed by atoms with Crippen LogP contribution in [0, 0.1) is 39.2 Å². The Balaban J connectivity index is 1.36. The van der Waals surface area contributed by atoms with Crippen LogP contribution in [-0.4, -0.2) is 40.3 Å². The molecule has 2 heterocycles. The highest BCUT2D eigenvalue weighted by atomic mass is 16.6. The molecule has 3 aromatic carbocycles. The summed E-state index contributed by atoms with van der Waals surface area (Å²) in [6, 6.07) is 19.0. The molecular weight excluding hydrogens is 590 g/mol. The number of para-hydroxylation sites is 1. The van der Waals surface area contributed by atoms with E-state index in [4.69, 9.17) is 4.74 Å². The highest BCUT2D eigenvalue weighted by Crippen LogP contribution is 2.64. The van der Waals surface area contributed by atoms with Crippen LogP contribution in [0.15, 0.2) is 84.4 Å². The van der Waals surface area contributed by atoms with Crippen LogP contribution in [0.3, 0.4) is 0 Å². The van der Waals surface area contributed by atoms with Crippen LogP contribution in [0.25, 0.3) is 0 Å². The lowest BCUT2D eigenvalue weighted by molar-refractivity contribution is -0.384. The number of ether oxygens (including phenoxy) is 1. The van der Waals surface area contributed by atoms with Gasteiger partial charge in [-0.1, -0.05) is 42.0 Å². The van der Waals surface area contributed by atoms with Crippen molar-refractivity contribution in [1.29, 1.82) is 0 Å². The molecule has 0 aromatic heterocycles. The first-order valence-electron chi connectivity index (χ1n) is 15.3. The van der Waals surface area contributed by atoms with E-state index in [1.54, 1.807) is 56.3 Å². The molecular formula is C35H31N3O8. The van der Waals surface area contributed by atoms with Crippen LogP contribution >= 0.6 is 0 Å². The lowest BCUT2D eigenvalue weighted by Gasteiger charge is -2.49. The number of nitro benzene ring substituents is 1. The Labute approximate surface area is 264 Å². The molecule has 0 radical (unpaired) electrons. The number of benzene rings is 3. The lowest BCUT2D eigenvalue weighted by Crippen LogP contribution is -2.48. The third kappa shape index (κ3) is 4.10. The summed E-state index contributed by atoms with van der Waals surface area (Å²) in [7, 11) is 0. The van der Waals surface area contributed by atoms with Crippen molar-refractivity contribution in [2.24, 2.45) is 29.1 Å². The zero-order valence-corrected chi connectivity index (χ0v) is 25.2. The zero-order valence-electron chi connectivity index (χ0n) is 25.2. The van der Waals surface area contributed by atoms with Crippen LogP contribution in [0.5, 0.6) is 11.5 Å². The number of amides is 4. The summed E-state index contributed by atoms with van der Waals surface area (Å²) in [4.78, 5) is 69.9. The molecule has 3 aromatic rings. The molecule has 2 aliphatic heterocycles. The Kier molecular flexibility index (Phi) is 6.80. The summed E-state index contributed by atoms with van der Waals surface area (Å²) < 4.78 is 5.69. The Morgan fingerprint density at radius 2 is 1.65 bits per heavy atom. The van der Waals surface area contributed by atoms with Gasteiger partial charge in [0.15, 0.2) is 11.5 Å². The summed E-state index contributed by atoms with van der Waals surface area (Å²) >= 11 is 0. The fourth-order valence-corrected chi connectivity index (χ4v) is 8.20. The maximum Gasteiger partial charge on any atom is 0.271 e. The molecule has 4 aliphatic rings. The average molecular weight is 622 g/mol. The van der Waals surface area contributed by atoms with Crippen molar-refractivity contribution in [2.75, 3.05) is 16.4 Å². The number of allylic oxidation sites excluding steroid dienone is 2. The smallest absolute Gasteiger partial charge is 0.271 e. The molecule has 46 heavy (non-hydrogen) atoms. The first-order chi connectivity index (χ1) is 22.1. The molecule has 11 nitrogen and oxygen atoms in total. The van der Waals surface area contributed by atoms with E-state index in [1.165, 1.54) is 35.2 Å². The molecule has 2 saturated heterocycles. The summed E-state index contributed by atoms with van der Waals surface area (Å²) in [6.45, 7) is 3.87. The lowest BCUT2D eigenvalue weighted by atomic mass is 9.51. The van der Waals surface area contributed by atoms with Gasteiger partial charge in [-0.25, -0.2) is 9.80 Å². The second kappa shape index (κ2) is 10.6. The normalized spacial score (nSPS) is 28.5. The van der Waals surface area contributed by atoms with Gasteiger partial charge in [0.25, 0.3) is 5.69 Å². The number of carbonyl (C=O) groups excluding carboxylic acids is 4. The highest BCUT2D eigenvalue weighted by molar-refractivity contribution is 6.25. The van der Waals surface area contributed by atoms with Crippen LogP contribution in [0.2, 0.25) is 0 Å². The number of hydrogen-bond acceptors (Lipinski definition) is 8. The average Bonchev–Trinajstić information content (AvgIpc) is 3.42. The zero-order chi connectivity index (χ0) is 32.5. The third-order valence-electron chi connectivity index (χ3n) is 10.2. The number of anilines is 2. The fraction of sp³-hybridized carbons (Fsp3) is 0.314. The summed E-state index contributed by atoms with van der Waals surface area (Å²) in [5.41, 5.74) is 0.519. The van der Waals surface area contributed by atoms with E-state index in [2.05, 4.69) is 0 Å². The number of nitrogens with zero attached hydrogens (tertiary/aromatic N) is 3. The molecule has 2 aliphatic carbocycles. The minimum atomic E-state index is -1.24. The van der Waals surface area contributed by atoms with Crippen molar-refractivity contribution in [3.8, 4) is 11.5 Å². The van der Waals surface area contributed by atoms with Crippen LogP contribution in [0.1, 0.15) is 38.2 Å². The van der Waals surface area contributed by atoms with Gasteiger partial charge in [-0.2, -0.15) is 0 Å². The van der Waals surface area contributed by atoms with Crippen molar-refractivity contribution in [2.45, 2.75) is 32.6 Å². The fourth-order valence-electron chi connectivity index (χ4n) is 8.20. The molecule has 6 atom stereocenters. The van der Waals surface area contributed by atoms with Crippen LogP contribution < -0.4 is 14.5 Å². The van der Waals surface area contributed by atoms with Crippen molar-refractivity contribution in [1.82, 2.24) is 0 Å². The van der Waals surface area contributed by atoms with Gasteiger partial charge < -0.3 is 9.84 Å². The molecule has 7 rings (SSSR count). The van der Waals surface area contributed by atoms with Gasteiger partial charge >= 0.3 is 0 Å². The number of hydrogen-bond donors (Lipinski definition) is 1. The number of non-ortho nitro benzene ring substituents is 1. The Hall–Kier alpha value is -5.32. The number of fused-ring (bicyclic) bond motifs is 4. The number of phenols is 1. The van der Waals surface area contributed by atoms with Crippen LogP contribution in [-0.2, 0) is 19.2 Å². The Bertz CT molecular complexity index is 1860. The van der Waals surface area contributed by atoms with E-state index in [0.29, 0.717) is 17.9 Å². The second-order valence-corrected chi connectivity index (χ2v) is 12.4. The molecule has 234 valence electrons. The van der Waals surface area contributed by atoms with E-state index in [9.17, 15) is 34.4 Å². The minimum Gasteiger partial charge on any atom is -0.504 e. The predicted molar refractivity (Wildman–Crippen MR) is 166 cm³/mol. The van der Waals surface area contributed by atoms with Gasteiger partial charge in [0.1, 0.15) is 0 Å². The number of imide groups is 2. The minimum absolute atomic E-state index is 0.0683. The topological polar surface area (TPSA) is 147 Å². The van der Waals surface area contributed by atoms with E-state index >= 15 is 0 Å². The summed E-state index contributed by atoms with van der Waals surface area (Å²) in [5, 5.41) is 22.0. The van der Waals surface area contributed by atoms with Crippen molar-refractivity contribution < 1.29 is 33.9 Å². The Morgan fingerprint density at radius 1 is 0.913 bits per heavy atom. The van der Waals surface area contributed by atoms with Crippen molar-refractivity contribution in [3.63, 3.8) is 0 Å². The number of rotatable bonds is 6. The molecule has 0 bridgehead atoms. The number of phenolic OH excluding ortho intramolecular Hbond substituents is 1. The van der Waals surface area contributed by atoms with Gasteiger partial charge in [0.05, 0.1) is 46.1 Å². The van der Waals surface area contributed by atoms with E-state index in [1.807, 2.05) is 6.08 Å². The Morgan fingerprint density at radius 3 is 2.37 bits per heavy atom. The highest BCUT2D eigenvalue weighted by Gasteiger charge is 2.67. The van der Waals surface area contributed by atoms with Crippen molar-refractivity contribution >= 4 is 40.7 Å². The number of carbonyl (C=O) groups is 4. The maximum atomic E-state index is 14.5. The number of aromatic hydroxyl groups is 1. The molecule has 11 heteroatoms. The first kappa shape index (κ1) is 29.4. The quantitative estimate of drug-likeness (QED) is 0.172. The molecule has 4 amide bonds. The molecule has 1 N–H and O–H groups in total. The number of nitro groups is 1. The van der Waals surface area contributed by atoms with Crippen LogP contribution in [0.4, 0.5) is 17.1 Å². The third-order valence-corrected chi connectivity index (χ3v) is 10.2. The van der Waals surface area contributed by atoms with Gasteiger partial charge in [-0.05, 0) is 68.5 Å². The van der Waals surface area contributed by atoms with Gasteiger partial charge in [-0.15, -0.1) is 0 Å². The standard InChI is InChI=1S/C35H31N3O8/c1-3-46-28-16-19(12-15-27(28)39)30-23-13-14-24-29(33(42)36(31(24)40)21-10-7-11-22(17-21)38(44)45)25(23)18-26-32(41)37(34(43)35(26,30)2)20-8-5-4-6-9-20/h4-13,15-17,24-26,29-30,39H,3,14,18H2,1-2H3. The summed E-state index contributed by atoms with van der Waals surface area (Å²) in [6.07, 6.45) is 2.33. The maximum absolute atomic E-state index is 14.5. The first-order valence-corrected chi connectivity index (χ1v) is 15.3. The SMILES string of the molecule is CCOc1cc(C2C3=CCC4C(=O)N(c5cccc([N+](=O)[O-])c5)C(=O)C4C3CC3C(=O)N(c4ccccc4)C(=O)C32C)ccc1O. The molecule has 6 unspecified atom stereocenters. The second-order valence-electron chi connectivity index (χ2n) is 12.4. The largest absolute Gasteiger partial charge is 0.504 e. The van der Waals surface area contributed by atoms with Gasteiger partial charge in [0.2, 0.25) is 23.6 Å².